The molecule has 1 aromatic carbocycles. The van der Waals surface area contributed by atoms with E-state index in [9.17, 15) is 14.4 Å². The lowest BCUT2D eigenvalue weighted by atomic mass is 9.45. The molecule has 6 rings (SSSR count). The van der Waals surface area contributed by atoms with Gasteiger partial charge in [0, 0.05) is 59.6 Å². The molecule has 0 aliphatic heterocycles. The first-order valence-corrected chi connectivity index (χ1v) is 20.4. The van der Waals surface area contributed by atoms with E-state index in [1.54, 1.807) is 6.20 Å². The minimum Gasteiger partial charge on any atom is -0.464 e. The van der Waals surface area contributed by atoms with Gasteiger partial charge >= 0.3 is 11.9 Å². The van der Waals surface area contributed by atoms with E-state index in [4.69, 9.17) is 21.1 Å². The van der Waals surface area contributed by atoms with Crippen molar-refractivity contribution in [3.8, 4) is 0 Å². The summed E-state index contributed by atoms with van der Waals surface area (Å²) >= 11 is 6.14. The molecule has 3 saturated carbocycles. The van der Waals surface area contributed by atoms with Crippen LogP contribution >= 0.6 is 11.6 Å². The quantitative estimate of drug-likeness (QED) is 0.181. The average molecular weight is 734 g/mol. The lowest BCUT2D eigenvalue weighted by Crippen LogP contribution is -2.54. The Morgan fingerprint density at radius 2 is 1.87 bits per heavy atom. The number of anilines is 1. The third-order valence-electron chi connectivity index (χ3n) is 13.6. The van der Waals surface area contributed by atoms with Gasteiger partial charge in [0.2, 0.25) is 0 Å². The molecule has 0 amide bonds. The molecule has 3 fully saturated rings. The Morgan fingerprint density at radius 1 is 1.06 bits per heavy atom. The molecule has 9 heteroatoms. The van der Waals surface area contributed by atoms with Crippen molar-refractivity contribution in [2.75, 3.05) is 31.6 Å². The zero-order valence-corrected chi connectivity index (χ0v) is 32.8. The molecule has 4 aliphatic carbocycles. The first-order valence-electron chi connectivity index (χ1n) is 20.0. The first kappa shape index (κ1) is 38.7. The van der Waals surface area contributed by atoms with Crippen LogP contribution < -0.4 is 5.32 Å². The SMILES string of the molecule is CCN(CCCC(C)Nc1ccnc2cc(Cl)ccc12)CCOC(=O)CCCC(=O)OC1CCC2C3C(C)CC4=CC(=O)CCC4(C)C3CCC12C. The summed E-state index contributed by atoms with van der Waals surface area (Å²) in [5.41, 5.74) is 3.46. The maximum atomic E-state index is 13.0. The van der Waals surface area contributed by atoms with Gasteiger partial charge in [-0.1, -0.05) is 44.9 Å². The predicted molar refractivity (Wildman–Crippen MR) is 207 cm³/mol. The second kappa shape index (κ2) is 16.6. The zero-order chi connectivity index (χ0) is 37.0. The Hall–Kier alpha value is -2.97. The van der Waals surface area contributed by atoms with Gasteiger partial charge in [0.25, 0.3) is 0 Å². The fourth-order valence-electron chi connectivity index (χ4n) is 10.6. The number of nitrogens with one attached hydrogen (secondary N) is 1. The highest BCUT2D eigenvalue weighted by atomic mass is 35.5. The van der Waals surface area contributed by atoms with Crippen LogP contribution in [0.25, 0.3) is 10.9 Å². The Morgan fingerprint density at radius 3 is 2.67 bits per heavy atom. The molecule has 8 nitrogen and oxygen atoms in total. The van der Waals surface area contributed by atoms with E-state index in [1.807, 2.05) is 30.3 Å². The van der Waals surface area contributed by atoms with E-state index >= 15 is 0 Å². The van der Waals surface area contributed by atoms with Gasteiger partial charge in [0.1, 0.15) is 12.7 Å². The van der Waals surface area contributed by atoms with Crippen molar-refractivity contribution in [2.45, 2.75) is 124 Å². The number of hydrogen-bond donors (Lipinski definition) is 1. The Labute approximate surface area is 315 Å². The topological polar surface area (TPSA) is 97.8 Å². The van der Waals surface area contributed by atoms with Crippen molar-refractivity contribution in [1.82, 2.24) is 9.88 Å². The number of halogens is 1. The van der Waals surface area contributed by atoms with E-state index in [0.717, 1.165) is 81.0 Å². The summed E-state index contributed by atoms with van der Waals surface area (Å²) in [6.45, 7) is 14.3. The number of rotatable bonds is 15. The van der Waals surface area contributed by atoms with Crippen LogP contribution in [0.5, 0.6) is 0 Å². The number of esters is 2. The van der Waals surface area contributed by atoms with Gasteiger partial charge in [0.15, 0.2) is 5.78 Å². The summed E-state index contributed by atoms with van der Waals surface area (Å²) in [7, 11) is 0. The number of carbonyl (C=O) groups is 3. The smallest absolute Gasteiger partial charge is 0.306 e. The van der Waals surface area contributed by atoms with E-state index < -0.39 is 0 Å². The minimum absolute atomic E-state index is 0.00444. The molecule has 1 N–H and O–H groups in total. The van der Waals surface area contributed by atoms with Crippen molar-refractivity contribution in [2.24, 2.45) is 34.5 Å². The number of nitrogens with zero attached hydrogens (tertiary/aromatic N) is 2. The van der Waals surface area contributed by atoms with Crippen LogP contribution in [0.3, 0.4) is 0 Å². The number of fused-ring (bicyclic) bond motifs is 6. The summed E-state index contributed by atoms with van der Waals surface area (Å²) in [4.78, 5) is 44.6. The van der Waals surface area contributed by atoms with E-state index in [1.165, 1.54) is 5.57 Å². The maximum absolute atomic E-state index is 13.0. The number of pyridine rings is 1. The molecule has 4 aliphatic rings. The van der Waals surface area contributed by atoms with Crippen molar-refractivity contribution in [3.05, 3.63) is 47.1 Å². The number of likely N-dealkylation sites (N-methyl/N-ethyl adjacent to an activating group) is 1. The highest BCUT2D eigenvalue weighted by Gasteiger charge is 2.61. The van der Waals surface area contributed by atoms with Crippen LogP contribution in [0.4, 0.5) is 5.69 Å². The number of aromatic nitrogens is 1. The fraction of sp³-hybridized carbons (Fsp3) is 0.674. The number of allylic oxidation sites excluding steroid dienone is 1. The van der Waals surface area contributed by atoms with Crippen LogP contribution in [0.1, 0.15) is 112 Å². The highest BCUT2D eigenvalue weighted by Crippen LogP contribution is 2.66. The lowest BCUT2D eigenvalue weighted by Gasteiger charge is -2.59. The summed E-state index contributed by atoms with van der Waals surface area (Å²) in [5.74, 6) is 2.14. The third-order valence-corrected chi connectivity index (χ3v) is 13.8. The minimum atomic E-state index is -0.253. The maximum Gasteiger partial charge on any atom is 0.306 e. The summed E-state index contributed by atoms with van der Waals surface area (Å²) < 4.78 is 11.8. The second-order valence-corrected chi connectivity index (χ2v) is 17.3. The summed E-state index contributed by atoms with van der Waals surface area (Å²) in [6.07, 6.45) is 13.6. The number of hydrogen-bond acceptors (Lipinski definition) is 8. The number of ketones is 1. The van der Waals surface area contributed by atoms with Gasteiger partial charge < -0.3 is 19.7 Å². The van der Waals surface area contributed by atoms with Crippen molar-refractivity contribution in [1.29, 1.82) is 0 Å². The molecular formula is C43H60ClN3O5. The van der Waals surface area contributed by atoms with Crippen LogP contribution in [0.2, 0.25) is 5.02 Å². The second-order valence-electron chi connectivity index (χ2n) is 16.8. The molecule has 0 bridgehead atoms. The Bertz CT molecular complexity index is 1650. The van der Waals surface area contributed by atoms with Crippen molar-refractivity contribution in [3.63, 3.8) is 0 Å². The molecule has 0 radical (unpaired) electrons. The van der Waals surface area contributed by atoms with Crippen LogP contribution in [-0.4, -0.2) is 66.0 Å². The molecule has 1 heterocycles. The van der Waals surface area contributed by atoms with E-state index in [-0.39, 0.29) is 47.8 Å². The normalized spacial score (nSPS) is 30.2. The van der Waals surface area contributed by atoms with Gasteiger partial charge in [-0.15, -0.1) is 0 Å². The van der Waals surface area contributed by atoms with Crippen LogP contribution in [0.15, 0.2) is 42.1 Å². The van der Waals surface area contributed by atoms with Crippen molar-refractivity contribution >= 4 is 45.9 Å². The van der Waals surface area contributed by atoms with E-state index in [2.05, 4.69) is 49.8 Å². The van der Waals surface area contributed by atoms with Crippen LogP contribution in [-0.2, 0) is 23.9 Å². The summed E-state index contributed by atoms with van der Waals surface area (Å²) in [6, 6.07) is 8.08. The standard InChI is InChI=1S/C43H60ClN3O5/c1-6-47(22-8-9-29(3)46-36-18-21-45-37-27-31(44)12-13-33(36)37)23-24-51-39(49)10-7-11-40(50)52-38-15-14-34-41-28(2)25-30-26-32(48)16-19-42(30,4)35(41)17-20-43(34,38)5/h12-13,18,21,26-29,34-35,38,41H,6-11,14-17,19-20,22-25H2,1-5H3,(H,45,46). The predicted octanol–water partition coefficient (Wildman–Crippen LogP) is 9.19. The van der Waals surface area contributed by atoms with Gasteiger partial charge in [-0.2, -0.15) is 0 Å². The first-order chi connectivity index (χ1) is 24.9. The molecule has 8 atom stereocenters. The van der Waals surface area contributed by atoms with Crippen LogP contribution in [0, 0.1) is 34.5 Å². The average Bonchev–Trinajstić information content (AvgIpc) is 3.43. The fourth-order valence-corrected chi connectivity index (χ4v) is 10.8. The van der Waals surface area contributed by atoms with Gasteiger partial charge in [-0.05, 0) is 137 Å². The molecule has 8 unspecified atom stereocenters. The number of ether oxygens (including phenoxy) is 2. The monoisotopic (exact) mass is 733 g/mol. The lowest BCUT2D eigenvalue weighted by molar-refractivity contribution is -0.161. The van der Waals surface area contributed by atoms with E-state index in [0.29, 0.717) is 60.5 Å². The molecule has 0 saturated heterocycles. The Balaban J connectivity index is 0.873. The van der Waals surface area contributed by atoms with Gasteiger partial charge in [-0.3, -0.25) is 19.4 Å². The molecule has 284 valence electrons. The number of carbonyl (C=O) groups excluding carboxylic acids is 3. The Kier molecular flexibility index (Phi) is 12.4. The zero-order valence-electron chi connectivity index (χ0n) is 32.1. The van der Waals surface area contributed by atoms with Gasteiger partial charge in [0.05, 0.1) is 5.52 Å². The van der Waals surface area contributed by atoms with Gasteiger partial charge in [-0.25, -0.2) is 0 Å². The largest absolute Gasteiger partial charge is 0.464 e. The van der Waals surface area contributed by atoms with Crippen molar-refractivity contribution < 1.29 is 23.9 Å². The molecule has 0 spiro atoms. The third kappa shape index (κ3) is 8.38. The summed E-state index contributed by atoms with van der Waals surface area (Å²) in [5, 5.41) is 5.37. The molecule has 1 aromatic heterocycles. The number of benzene rings is 1. The molecule has 52 heavy (non-hydrogen) atoms. The highest BCUT2D eigenvalue weighted by molar-refractivity contribution is 6.31. The molecular weight excluding hydrogens is 674 g/mol. The molecule has 2 aromatic rings.